The zero-order valence-electron chi connectivity index (χ0n) is 18.9. The lowest BCUT2D eigenvalue weighted by molar-refractivity contribution is 0.169. The molecule has 8 nitrogen and oxygen atoms in total. The molecule has 8 heteroatoms. The molecule has 1 fully saturated rings. The molecule has 168 valence electrons. The molecule has 3 aromatic heterocycles. The van der Waals surface area contributed by atoms with Gasteiger partial charge in [0.1, 0.15) is 11.9 Å². The SMILES string of the molecule is COc1ccc(OC2CCN(c3nnc(CNCc4ccncc4C)cc3C)CC2)cn1. The maximum Gasteiger partial charge on any atom is 0.213 e. The number of ether oxygens (including phenoxy) is 2. The minimum absolute atomic E-state index is 0.176. The van der Waals surface area contributed by atoms with E-state index in [-0.39, 0.29) is 6.10 Å². The number of aromatic nitrogens is 4. The lowest BCUT2D eigenvalue weighted by atomic mass is 10.1. The summed E-state index contributed by atoms with van der Waals surface area (Å²) in [5, 5.41) is 12.4. The monoisotopic (exact) mass is 434 g/mol. The summed E-state index contributed by atoms with van der Waals surface area (Å²) in [6.07, 6.45) is 7.46. The third-order valence-corrected chi connectivity index (χ3v) is 5.73. The van der Waals surface area contributed by atoms with Crippen molar-refractivity contribution in [1.29, 1.82) is 0 Å². The van der Waals surface area contributed by atoms with Crippen LogP contribution in [0.3, 0.4) is 0 Å². The average Bonchev–Trinajstić information content (AvgIpc) is 2.82. The number of anilines is 1. The highest BCUT2D eigenvalue weighted by atomic mass is 16.5. The molecular weight excluding hydrogens is 404 g/mol. The second-order valence-electron chi connectivity index (χ2n) is 8.09. The number of rotatable bonds is 8. The molecule has 4 heterocycles. The van der Waals surface area contributed by atoms with E-state index in [9.17, 15) is 0 Å². The molecule has 0 atom stereocenters. The van der Waals surface area contributed by atoms with Crippen LogP contribution in [-0.2, 0) is 13.1 Å². The van der Waals surface area contributed by atoms with E-state index in [1.807, 2.05) is 30.6 Å². The van der Waals surface area contributed by atoms with Crippen LogP contribution in [0.25, 0.3) is 0 Å². The number of nitrogens with one attached hydrogen (secondary N) is 1. The molecule has 3 aromatic rings. The number of aryl methyl sites for hydroxylation is 2. The molecule has 1 aliphatic rings. The van der Waals surface area contributed by atoms with Gasteiger partial charge < -0.3 is 19.7 Å². The van der Waals surface area contributed by atoms with Crippen LogP contribution < -0.4 is 19.7 Å². The van der Waals surface area contributed by atoms with Crippen molar-refractivity contribution in [3.63, 3.8) is 0 Å². The first-order chi connectivity index (χ1) is 15.6. The van der Waals surface area contributed by atoms with Gasteiger partial charge in [0.05, 0.1) is 19.0 Å². The first-order valence-corrected chi connectivity index (χ1v) is 11.0. The lowest BCUT2D eigenvalue weighted by Crippen LogP contribution is -2.39. The molecule has 4 rings (SSSR count). The molecule has 0 radical (unpaired) electrons. The number of nitrogens with zero attached hydrogens (tertiary/aromatic N) is 5. The van der Waals surface area contributed by atoms with E-state index >= 15 is 0 Å². The van der Waals surface area contributed by atoms with Crippen molar-refractivity contribution < 1.29 is 9.47 Å². The van der Waals surface area contributed by atoms with E-state index in [2.05, 4.69) is 50.3 Å². The van der Waals surface area contributed by atoms with Gasteiger partial charge in [0.25, 0.3) is 0 Å². The largest absolute Gasteiger partial charge is 0.489 e. The molecule has 1 saturated heterocycles. The summed E-state index contributed by atoms with van der Waals surface area (Å²) in [5.41, 5.74) is 4.53. The Kier molecular flexibility index (Phi) is 7.11. The molecule has 0 bridgehead atoms. The summed E-state index contributed by atoms with van der Waals surface area (Å²) in [7, 11) is 1.61. The van der Waals surface area contributed by atoms with Gasteiger partial charge in [-0.3, -0.25) is 4.98 Å². The van der Waals surface area contributed by atoms with Gasteiger partial charge in [-0.25, -0.2) is 4.98 Å². The normalized spacial score (nSPS) is 14.4. The van der Waals surface area contributed by atoms with Crippen LogP contribution in [0.4, 0.5) is 5.82 Å². The van der Waals surface area contributed by atoms with E-state index in [1.54, 1.807) is 13.3 Å². The topological polar surface area (TPSA) is 85.3 Å². The first kappa shape index (κ1) is 22.0. The Morgan fingerprint density at radius 2 is 1.88 bits per heavy atom. The summed E-state index contributed by atoms with van der Waals surface area (Å²) in [6.45, 7) is 7.43. The molecule has 0 aliphatic carbocycles. The van der Waals surface area contributed by atoms with Crippen LogP contribution in [-0.4, -0.2) is 46.5 Å². The highest BCUT2D eigenvalue weighted by molar-refractivity contribution is 5.46. The van der Waals surface area contributed by atoms with Gasteiger partial charge in [0.15, 0.2) is 5.82 Å². The first-order valence-electron chi connectivity index (χ1n) is 11.0. The van der Waals surface area contributed by atoms with E-state index < -0.39 is 0 Å². The molecule has 0 aromatic carbocycles. The fourth-order valence-corrected chi connectivity index (χ4v) is 3.89. The predicted molar refractivity (Wildman–Crippen MR) is 123 cm³/mol. The smallest absolute Gasteiger partial charge is 0.213 e. The number of piperidine rings is 1. The van der Waals surface area contributed by atoms with Gasteiger partial charge in [-0.2, -0.15) is 5.10 Å². The maximum absolute atomic E-state index is 6.08. The summed E-state index contributed by atoms with van der Waals surface area (Å²) < 4.78 is 11.2. The second-order valence-corrected chi connectivity index (χ2v) is 8.09. The zero-order valence-corrected chi connectivity index (χ0v) is 18.9. The van der Waals surface area contributed by atoms with Gasteiger partial charge in [-0.1, -0.05) is 0 Å². The van der Waals surface area contributed by atoms with Gasteiger partial charge in [-0.15, -0.1) is 5.10 Å². The highest BCUT2D eigenvalue weighted by Crippen LogP contribution is 2.24. The van der Waals surface area contributed by atoms with Crippen molar-refractivity contribution in [2.45, 2.75) is 45.9 Å². The Labute approximate surface area is 189 Å². The maximum atomic E-state index is 6.08. The van der Waals surface area contributed by atoms with Crippen LogP contribution in [0.1, 0.15) is 35.2 Å². The minimum atomic E-state index is 0.176. The molecule has 0 spiro atoms. The fraction of sp³-hybridized carbons (Fsp3) is 0.417. The Bertz CT molecular complexity index is 1020. The summed E-state index contributed by atoms with van der Waals surface area (Å²) >= 11 is 0. The Hall–Kier alpha value is -3.26. The standard InChI is InChI=1S/C24H30N6O2/c1-17-12-20(15-26-14-19-6-9-25-13-18(19)2)28-29-24(17)30-10-7-21(8-11-30)32-22-4-5-23(31-3)27-16-22/h4-6,9,12-13,16,21,26H,7-8,10-11,14-15H2,1-3H3. The zero-order chi connectivity index (χ0) is 22.3. The lowest BCUT2D eigenvalue weighted by Gasteiger charge is -2.33. The molecular formula is C24H30N6O2. The summed E-state index contributed by atoms with van der Waals surface area (Å²) in [6, 6.07) is 7.88. The van der Waals surface area contributed by atoms with Crippen molar-refractivity contribution in [2.24, 2.45) is 0 Å². The van der Waals surface area contributed by atoms with Crippen LogP contribution in [0.5, 0.6) is 11.6 Å². The Morgan fingerprint density at radius 1 is 1.03 bits per heavy atom. The van der Waals surface area contributed by atoms with Crippen LogP contribution in [0.15, 0.2) is 42.9 Å². The fourth-order valence-electron chi connectivity index (χ4n) is 3.89. The quantitative estimate of drug-likeness (QED) is 0.578. The second kappa shape index (κ2) is 10.4. The molecule has 1 N–H and O–H groups in total. The summed E-state index contributed by atoms with van der Waals surface area (Å²) in [4.78, 5) is 10.6. The molecule has 0 saturated carbocycles. The number of hydrogen-bond donors (Lipinski definition) is 1. The van der Waals surface area contributed by atoms with Crippen molar-refractivity contribution in [2.75, 3.05) is 25.1 Å². The molecule has 32 heavy (non-hydrogen) atoms. The van der Waals surface area contributed by atoms with Gasteiger partial charge in [0.2, 0.25) is 5.88 Å². The highest BCUT2D eigenvalue weighted by Gasteiger charge is 2.23. The van der Waals surface area contributed by atoms with Crippen LogP contribution >= 0.6 is 0 Å². The van der Waals surface area contributed by atoms with E-state index in [0.717, 1.165) is 55.3 Å². The van der Waals surface area contributed by atoms with E-state index in [0.29, 0.717) is 12.4 Å². The third kappa shape index (κ3) is 5.50. The number of methoxy groups -OCH3 is 1. The molecule has 0 unspecified atom stereocenters. The average molecular weight is 435 g/mol. The van der Waals surface area contributed by atoms with Crippen molar-refractivity contribution in [3.05, 3.63) is 65.2 Å². The van der Waals surface area contributed by atoms with E-state index in [1.165, 1.54) is 11.1 Å². The third-order valence-electron chi connectivity index (χ3n) is 5.73. The van der Waals surface area contributed by atoms with Crippen molar-refractivity contribution >= 4 is 5.82 Å². The van der Waals surface area contributed by atoms with Gasteiger partial charge in [-0.05, 0) is 48.7 Å². The van der Waals surface area contributed by atoms with Crippen molar-refractivity contribution in [3.8, 4) is 11.6 Å². The molecule has 0 amide bonds. The number of pyridine rings is 2. The minimum Gasteiger partial charge on any atom is -0.489 e. The van der Waals surface area contributed by atoms with Crippen LogP contribution in [0, 0.1) is 13.8 Å². The van der Waals surface area contributed by atoms with Gasteiger partial charge in [0, 0.05) is 57.5 Å². The van der Waals surface area contributed by atoms with Crippen LogP contribution in [0.2, 0.25) is 0 Å². The Balaban J connectivity index is 1.27. The van der Waals surface area contributed by atoms with Crippen molar-refractivity contribution in [1.82, 2.24) is 25.5 Å². The predicted octanol–water partition coefficient (Wildman–Crippen LogP) is 3.23. The summed E-state index contributed by atoms with van der Waals surface area (Å²) in [5.74, 6) is 2.33. The van der Waals surface area contributed by atoms with E-state index in [4.69, 9.17) is 9.47 Å². The van der Waals surface area contributed by atoms with Gasteiger partial charge >= 0.3 is 0 Å². The number of hydrogen-bond acceptors (Lipinski definition) is 8. The molecule has 1 aliphatic heterocycles. The Morgan fingerprint density at radius 3 is 2.56 bits per heavy atom.